The summed E-state index contributed by atoms with van der Waals surface area (Å²) in [4.78, 5) is 36.1. The zero-order valence-corrected chi connectivity index (χ0v) is 10.7. The number of carboxylic acid groups (broad SMARTS) is 1. The number of carboxylic acids is 1. The molecule has 7 heteroatoms. The first-order valence-electron chi connectivity index (χ1n) is 5.89. The van der Waals surface area contributed by atoms with Crippen LogP contribution in [0.2, 0.25) is 0 Å². The van der Waals surface area contributed by atoms with Crippen LogP contribution in [0.3, 0.4) is 0 Å². The van der Waals surface area contributed by atoms with Gasteiger partial charge in [-0.05, 0) is 12.8 Å². The topological polar surface area (TPSA) is 90.0 Å². The van der Waals surface area contributed by atoms with Crippen molar-refractivity contribution in [3.63, 3.8) is 0 Å². The molecule has 18 heavy (non-hydrogen) atoms. The quantitative estimate of drug-likeness (QED) is 0.728. The zero-order chi connectivity index (χ0) is 13.7. The largest absolute Gasteiger partial charge is 0.480 e. The highest BCUT2D eigenvalue weighted by Gasteiger charge is 2.25. The number of likely N-dealkylation sites (N-methyl/N-ethyl adjacent to an activating group) is 1. The second kappa shape index (κ2) is 6.23. The summed E-state index contributed by atoms with van der Waals surface area (Å²) in [6.07, 6.45) is 1.40. The molecule has 0 radical (unpaired) electrons. The molecule has 1 saturated heterocycles. The summed E-state index contributed by atoms with van der Waals surface area (Å²) in [7, 11) is 1.47. The summed E-state index contributed by atoms with van der Waals surface area (Å²) >= 11 is 0. The van der Waals surface area contributed by atoms with E-state index >= 15 is 0 Å². The van der Waals surface area contributed by atoms with Crippen molar-refractivity contribution in [2.75, 3.05) is 26.7 Å². The van der Waals surface area contributed by atoms with Gasteiger partial charge in [0.25, 0.3) is 0 Å². The van der Waals surface area contributed by atoms with Crippen LogP contribution < -0.4 is 5.32 Å². The van der Waals surface area contributed by atoms with Gasteiger partial charge >= 0.3 is 12.0 Å². The molecule has 2 N–H and O–H groups in total. The van der Waals surface area contributed by atoms with E-state index in [1.807, 2.05) is 0 Å². The van der Waals surface area contributed by atoms with Crippen molar-refractivity contribution in [3.8, 4) is 0 Å². The third-order valence-corrected chi connectivity index (χ3v) is 2.87. The van der Waals surface area contributed by atoms with E-state index < -0.39 is 5.97 Å². The maximum atomic E-state index is 11.9. The van der Waals surface area contributed by atoms with E-state index in [1.165, 1.54) is 18.9 Å². The molecule has 3 amide bonds. The number of nitrogens with zero attached hydrogens (tertiary/aromatic N) is 2. The van der Waals surface area contributed by atoms with E-state index in [0.717, 1.165) is 0 Å². The number of hydrogen-bond acceptors (Lipinski definition) is 3. The van der Waals surface area contributed by atoms with Crippen LogP contribution in [0.4, 0.5) is 4.79 Å². The number of nitrogens with one attached hydrogen (secondary N) is 1. The van der Waals surface area contributed by atoms with E-state index in [-0.39, 0.29) is 24.5 Å². The highest BCUT2D eigenvalue weighted by molar-refractivity contribution is 5.80. The maximum absolute atomic E-state index is 11.9. The first-order valence-corrected chi connectivity index (χ1v) is 5.89. The van der Waals surface area contributed by atoms with Gasteiger partial charge in [0.05, 0.1) is 0 Å². The SMILES string of the molecule is CC(=O)NC1CCN(C(=O)N(C)CC(=O)O)CC1. The lowest BCUT2D eigenvalue weighted by atomic mass is 10.1. The van der Waals surface area contributed by atoms with E-state index in [2.05, 4.69) is 5.32 Å². The minimum Gasteiger partial charge on any atom is -0.480 e. The van der Waals surface area contributed by atoms with Gasteiger partial charge in [-0.15, -0.1) is 0 Å². The summed E-state index contributed by atoms with van der Waals surface area (Å²) in [5.74, 6) is -1.10. The lowest BCUT2D eigenvalue weighted by molar-refractivity contribution is -0.137. The van der Waals surface area contributed by atoms with Crippen molar-refractivity contribution in [1.82, 2.24) is 15.1 Å². The van der Waals surface area contributed by atoms with Crippen LogP contribution in [0.25, 0.3) is 0 Å². The molecule has 0 aromatic heterocycles. The number of likely N-dealkylation sites (tertiary alicyclic amines) is 1. The summed E-state index contributed by atoms with van der Waals surface area (Å²) in [6.45, 7) is 2.24. The first-order chi connectivity index (χ1) is 8.40. The molecule has 102 valence electrons. The van der Waals surface area contributed by atoms with E-state index in [4.69, 9.17) is 5.11 Å². The van der Waals surface area contributed by atoms with Crippen molar-refractivity contribution in [2.45, 2.75) is 25.8 Å². The Morgan fingerprint density at radius 3 is 2.33 bits per heavy atom. The lowest BCUT2D eigenvalue weighted by Gasteiger charge is -2.34. The van der Waals surface area contributed by atoms with Crippen LogP contribution >= 0.6 is 0 Å². The van der Waals surface area contributed by atoms with Crippen LogP contribution in [0.5, 0.6) is 0 Å². The number of urea groups is 1. The van der Waals surface area contributed by atoms with Crippen molar-refractivity contribution in [3.05, 3.63) is 0 Å². The highest BCUT2D eigenvalue weighted by atomic mass is 16.4. The second-order valence-electron chi connectivity index (χ2n) is 4.49. The number of piperidine rings is 1. The summed E-state index contributed by atoms with van der Waals surface area (Å²) in [5, 5.41) is 11.4. The molecule has 0 atom stereocenters. The Bertz CT molecular complexity index is 337. The fraction of sp³-hybridized carbons (Fsp3) is 0.727. The predicted octanol–water partition coefficient (Wildman–Crippen LogP) is -0.277. The molecule has 0 aromatic carbocycles. The predicted molar refractivity (Wildman–Crippen MR) is 64.1 cm³/mol. The fourth-order valence-electron chi connectivity index (χ4n) is 2.01. The monoisotopic (exact) mass is 257 g/mol. The van der Waals surface area contributed by atoms with Crippen molar-refractivity contribution >= 4 is 17.9 Å². The van der Waals surface area contributed by atoms with Crippen molar-refractivity contribution < 1.29 is 19.5 Å². The molecule has 1 aliphatic heterocycles. The van der Waals surface area contributed by atoms with Crippen LogP contribution in [0.15, 0.2) is 0 Å². The van der Waals surface area contributed by atoms with Gasteiger partial charge in [-0.3, -0.25) is 9.59 Å². The maximum Gasteiger partial charge on any atom is 0.323 e. The smallest absolute Gasteiger partial charge is 0.323 e. The number of hydrogen-bond donors (Lipinski definition) is 2. The van der Waals surface area contributed by atoms with E-state index in [9.17, 15) is 14.4 Å². The van der Waals surface area contributed by atoms with Crippen molar-refractivity contribution in [2.24, 2.45) is 0 Å². The lowest BCUT2D eigenvalue weighted by Crippen LogP contribution is -2.50. The molecule has 7 nitrogen and oxygen atoms in total. The molecule has 0 saturated carbocycles. The fourth-order valence-corrected chi connectivity index (χ4v) is 2.01. The molecule has 0 bridgehead atoms. The van der Waals surface area contributed by atoms with Gasteiger partial charge < -0.3 is 20.2 Å². The summed E-state index contributed by atoms with van der Waals surface area (Å²) < 4.78 is 0. The molecule has 1 rings (SSSR count). The van der Waals surface area contributed by atoms with Crippen LogP contribution in [0, 0.1) is 0 Å². The van der Waals surface area contributed by atoms with Crippen molar-refractivity contribution in [1.29, 1.82) is 0 Å². The second-order valence-corrected chi connectivity index (χ2v) is 4.49. The Morgan fingerprint density at radius 2 is 1.89 bits per heavy atom. The molecule has 1 fully saturated rings. The Labute approximate surface area is 106 Å². The first kappa shape index (κ1) is 14.3. The Morgan fingerprint density at radius 1 is 1.33 bits per heavy atom. The average molecular weight is 257 g/mol. The Kier molecular flexibility index (Phi) is 4.94. The minimum atomic E-state index is -1.03. The third kappa shape index (κ3) is 4.23. The summed E-state index contributed by atoms with van der Waals surface area (Å²) in [5.41, 5.74) is 0. The molecule has 0 aliphatic carbocycles. The zero-order valence-electron chi connectivity index (χ0n) is 10.7. The molecule has 0 aromatic rings. The normalized spacial score (nSPS) is 16.2. The van der Waals surface area contributed by atoms with Gasteiger partial charge in [0, 0.05) is 33.1 Å². The molecule has 1 heterocycles. The molecule has 0 unspecified atom stereocenters. The molecular formula is C11H19N3O4. The van der Waals surface area contributed by atoms with Crippen LogP contribution in [0.1, 0.15) is 19.8 Å². The van der Waals surface area contributed by atoms with Gasteiger partial charge in [-0.1, -0.05) is 0 Å². The minimum absolute atomic E-state index is 0.0669. The average Bonchev–Trinajstić information content (AvgIpc) is 2.27. The van der Waals surface area contributed by atoms with E-state index in [1.54, 1.807) is 4.90 Å². The van der Waals surface area contributed by atoms with E-state index in [0.29, 0.717) is 25.9 Å². The molecule has 1 aliphatic rings. The number of aliphatic carboxylic acids is 1. The molecule has 0 spiro atoms. The number of carbonyl (C=O) groups is 3. The summed E-state index contributed by atoms with van der Waals surface area (Å²) in [6, 6.07) is -0.171. The van der Waals surface area contributed by atoms with Crippen LogP contribution in [-0.4, -0.2) is 65.5 Å². The van der Waals surface area contributed by atoms with Gasteiger partial charge in [0.2, 0.25) is 5.91 Å². The Hall–Kier alpha value is -1.79. The van der Waals surface area contributed by atoms with Gasteiger partial charge in [-0.25, -0.2) is 4.79 Å². The van der Waals surface area contributed by atoms with Gasteiger partial charge in [-0.2, -0.15) is 0 Å². The van der Waals surface area contributed by atoms with Gasteiger partial charge in [0.15, 0.2) is 0 Å². The van der Waals surface area contributed by atoms with Gasteiger partial charge in [0.1, 0.15) is 6.54 Å². The third-order valence-electron chi connectivity index (χ3n) is 2.87. The Balaban J connectivity index is 2.40. The molecular weight excluding hydrogens is 238 g/mol. The highest BCUT2D eigenvalue weighted by Crippen LogP contribution is 2.11. The number of amides is 3. The van der Waals surface area contributed by atoms with Crippen LogP contribution in [-0.2, 0) is 9.59 Å². The number of rotatable bonds is 3. The number of carbonyl (C=O) groups excluding carboxylic acids is 2. The standard InChI is InChI=1S/C11H19N3O4/c1-8(15)12-9-3-5-14(6-4-9)11(18)13(2)7-10(16)17/h9H,3-7H2,1-2H3,(H,12,15)(H,16,17).